The van der Waals surface area contributed by atoms with Gasteiger partial charge in [0.25, 0.3) is 0 Å². The Morgan fingerprint density at radius 1 is 1.04 bits per heavy atom. The molecule has 6 heteroatoms. The van der Waals surface area contributed by atoms with Crippen molar-refractivity contribution in [1.29, 1.82) is 0 Å². The number of anilines is 1. The minimum Gasteiger partial charge on any atom is -0.493 e. The summed E-state index contributed by atoms with van der Waals surface area (Å²) in [6, 6.07) is 14.4. The molecule has 4 rings (SSSR count). The normalized spacial score (nSPS) is 15.5. The van der Waals surface area contributed by atoms with Crippen LogP contribution in [0, 0.1) is 0 Å². The molecule has 1 atom stereocenters. The maximum Gasteiger partial charge on any atom is 0.226 e. The first-order chi connectivity index (χ1) is 13.2. The van der Waals surface area contributed by atoms with Crippen molar-refractivity contribution in [3.8, 4) is 11.5 Å². The average molecular weight is 362 g/mol. The zero-order valence-corrected chi connectivity index (χ0v) is 15.6. The van der Waals surface area contributed by atoms with E-state index in [-0.39, 0.29) is 6.04 Å². The second-order valence-corrected chi connectivity index (χ2v) is 6.34. The van der Waals surface area contributed by atoms with Crippen LogP contribution in [0.15, 0.2) is 54.9 Å². The topological polar surface area (TPSA) is 61.2 Å². The first kappa shape index (κ1) is 17.1. The molecule has 3 aromatic rings. The van der Waals surface area contributed by atoms with Crippen molar-refractivity contribution in [2.24, 2.45) is 0 Å². The highest BCUT2D eigenvalue weighted by Gasteiger charge is 2.24. The van der Waals surface area contributed by atoms with E-state index in [4.69, 9.17) is 9.47 Å². The van der Waals surface area contributed by atoms with Gasteiger partial charge < -0.3 is 14.8 Å². The third kappa shape index (κ3) is 3.14. The molecule has 1 aliphatic heterocycles. The van der Waals surface area contributed by atoms with Gasteiger partial charge in [0.15, 0.2) is 11.5 Å². The van der Waals surface area contributed by atoms with Crippen molar-refractivity contribution >= 4 is 11.6 Å². The van der Waals surface area contributed by atoms with Crippen LogP contribution in [0.3, 0.4) is 0 Å². The highest BCUT2D eigenvalue weighted by Crippen LogP contribution is 2.36. The third-order valence-electron chi connectivity index (χ3n) is 4.83. The van der Waals surface area contributed by atoms with Gasteiger partial charge in [-0.2, -0.15) is 10.1 Å². The van der Waals surface area contributed by atoms with E-state index in [1.54, 1.807) is 20.5 Å². The number of hydrogen-bond donors (Lipinski definition) is 1. The van der Waals surface area contributed by atoms with E-state index >= 15 is 0 Å². The molecule has 0 bridgehead atoms. The number of ether oxygens (including phenoxy) is 2. The predicted molar refractivity (Wildman–Crippen MR) is 105 cm³/mol. The van der Waals surface area contributed by atoms with Crippen LogP contribution in [0.25, 0.3) is 5.70 Å². The number of nitrogens with zero attached hydrogens (tertiary/aromatic N) is 3. The van der Waals surface area contributed by atoms with Crippen LogP contribution in [-0.2, 0) is 6.42 Å². The molecule has 6 nitrogen and oxygen atoms in total. The van der Waals surface area contributed by atoms with Crippen molar-refractivity contribution in [3.63, 3.8) is 0 Å². The summed E-state index contributed by atoms with van der Waals surface area (Å²) in [7, 11) is 3.27. The molecule has 0 saturated carbocycles. The Morgan fingerprint density at radius 3 is 2.52 bits per heavy atom. The summed E-state index contributed by atoms with van der Waals surface area (Å²) in [5.41, 5.74) is 4.49. The molecular weight excluding hydrogens is 340 g/mol. The lowest BCUT2D eigenvalue weighted by atomic mass is 10.0. The van der Waals surface area contributed by atoms with Crippen LogP contribution < -0.4 is 14.8 Å². The number of hydrogen-bond acceptors (Lipinski definition) is 5. The van der Waals surface area contributed by atoms with Crippen molar-refractivity contribution in [2.75, 3.05) is 19.5 Å². The van der Waals surface area contributed by atoms with Gasteiger partial charge in [-0.3, -0.25) is 0 Å². The predicted octanol–water partition coefficient (Wildman–Crippen LogP) is 3.91. The number of aromatic nitrogens is 3. The van der Waals surface area contributed by atoms with Gasteiger partial charge in [-0.05, 0) is 41.3 Å². The monoisotopic (exact) mass is 362 g/mol. The van der Waals surface area contributed by atoms with Crippen LogP contribution in [0.1, 0.15) is 29.7 Å². The fraction of sp³-hybridized carbons (Fsp3) is 0.238. The Labute approximate surface area is 158 Å². The van der Waals surface area contributed by atoms with E-state index in [0.29, 0.717) is 17.4 Å². The number of nitrogens with one attached hydrogen (secondary N) is 1. The van der Waals surface area contributed by atoms with Gasteiger partial charge in [-0.25, -0.2) is 4.68 Å². The van der Waals surface area contributed by atoms with Gasteiger partial charge >= 0.3 is 0 Å². The molecule has 1 aromatic heterocycles. The highest BCUT2D eigenvalue weighted by atomic mass is 16.5. The first-order valence-corrected chi connectivity index (χ1v) is 8.93. The Balaban J connectivity index is 1.77. The van der Waals surface area contributed by atoms with Crippen LogP contribution in [0.5, 0.6) is 11.5 Å². The molecule has 1 aliphatic rings. The van der Waals surface area contributed by atoms with E-state index in [1.165, 1.54) is 5.56 Å². The van der Waals surface area contributed by atoms with Gasteiger partial charge in [0.1, 0.15) is 12.4 Å². The van der Waals surface area contributed by atoms with Crippen molar-refractivity contribution < 1.29 is 9.47 Å². The summed E-state index contributed by atoms with van der Waals surface area (Å²) in [6.07, 6.45) is 4.74. The molecule has 138 valence electrons. The quantitative estimate of drug-likeness (QED) is 0.745. The summed E-state index contributed by atoms with van der Waals surface area (Å²) < 4.78 is 12.7. The number of rotatable bonds is 5. The maximum atomic E-state index is 5.47. The minimum atomic E-state index is -0.0931. The lowest BCUT2D eigenvalue weighted by Gasteiger charge is -2.25. The summed E-state index contributed by atoms with van der Waals surface area (Å²) >= 11 is 0. The number of benzene rings is 2. The molecule has 0 amide bonds. The fourth-order valence-electron chi connectivity index (χ4n) is 3.30. The molecule has 0 fully saturated rings. The van der Waals surface area contributed by atoms with E-state index in [1.807, 2.05) is 22.9 Å². The molecule has 1 N–H and O–H groups in total. The maximum absolute atomic E-state index is 5.47. The first-order valence-electron chi connectivity index (χ1n) is 8.93. The van der Waals surface area contributed by atoms with E-state index in [0.717, 1.165) is 23.2 Å². The van der Waals surface area contributed by atoms with Crippen molar-refractivity contribution in [3.05, 3.63) is 71.6 Å². The van der Waals surface area contributed by atoms with Gasteiger partial charge in [0.2, 0.25) is 5.95 Å². The molecule has 0 aliphatic carbocycles. The average Bonchev–Trinajstić information content (AvgIpc) is 3.21. The van der Waals surface area contributed by atoms with Gasteiger partial charge in [0.05, 0.1) is 14.2 Å². The smallest absolute Gasteiger partial charge is 0.226 e. The second-order valence-electron chi connectivity index (χ2n) is 6.34. The molecule has 0 spiro atoms. The molecule has 2 heterocycles. The van der Waals surface area contributed by atoms with Crippen LogP contribution in [0.2, 0.25) is 0 Å². The van der Waals surface area contributed by atoms with Crippen LogP contribution >= 0.6 is 0 Å². The number of aryl methyl sites for hydroxylation is 1. The van der Waals surface area contributed by atoms with Gasteiger partial charge in [0, 0.05) is 5.70 Å². The second kappa shape index (κ2) is 7.15. The molecular formula is C21H22N4O2. The summed E-state index contributed by atoms with van der Waals surface area (Å²) in [5, 5.41) is 7.77. The lowest BCUT2D eigenvalue weighted by molar-refractivity contribution is 0.354. The Bertz CT molecular complexity index is 976. The zero-order valence-electron chi connectivity index (χ0n) is 15.6. The Morgan fingerprint density at radius 2 is 1.81 bits per heavy atom. The van der Waals surface area contributed by atoms with Gasteiger partial charge in [-0.15, -0.1) is 0 Å². The largest absolute Gasteiger partial charge is 0.493 e. The highest BCUT2D eigenvalue weighted by molar-refractivity contribution is 5.77. The SMILES string of the molecule is CCc1ccc(C2=C[C@@H](c3ccc(OC)c(OC)c3)n3ncnc3N2)cc1. The number of fused-ring (bicyclic) bond motifs is 1. The summed E-state index contributed by atoms with van der Waals surface area (Å²) in [6.45, 7) is 2.16. The van der Waals surface area contributed by atoms with E-state index in [9.17, 15) is 0 Å². The molecule has 27 heavy (non-hydrogen) atoms. The fourth-order valence-corrected chi connectivity index (χ4v) is 3.30. The molecule has 0 unspecified atom stereocenters. The number of allylic oxidation sites excluding steroid dienone is 1. The van der Waals surface area contributed by atoms with Crippen molar-refractivity contribution in [1.82, 2.24) is 14.8 Å². The minimum absolute atomic E-state index is 0.0931. The van der Waals surface area contributed by atoms with E-state index < -0.39 is 0 Å². The zero-order chi connectivity index (χ0) is 18.8. The third-order valence-corrected chi connectivity index (χ3v) is 4.83. The molecule has 0 radical (unpaired) electrons. The van der Waals surface area contributed by atoms with E-state index in [2.05, 4.69) is 52.7 Å². The molecule has 2 aromatic carbocycles. The standard InChI is InChI=1S/C21H22N4O2/c1-4-14-5-7-15(8-6-14)17-12-18(25-21(24-17)22-13-23-25)16-9-10-19(26-2)20(11-16)27-3/h5-13,18H,4H2,1-3H3,(H,22,23,24)/t18-/m0/s1. The van der Waals surface area contributed by atoms with Crippen LogP contribution in [-0.4, -0.2) is 29.0 Å². The van der Waals surface area contributed by atoms with Crippen molar-refractivity contribution in [2.45, 2.75) is 19.4 Å². The summed E-state index contributed by atoms with van der Waals surface area (Å²) in [5.74, 6) is 2.11. The Hall–Kier alpha value is -3.28. The lowest BCUT2D eigenvalue weighted by Crippen LogP contribution is -2.20. The van der Waals surface area contributed by atoms with Crippen LogP contribution in [0.4, 0.5) is 5.95 Å². The number of methoxy groups -OCH3 is 2. The summed E-state index contributed by atoms with van der Waals surface area (Å²) in [4.78, 5) is 4.36. The Kier molecular flexibility index (Phi) is 4.54. The molecule has 0 saturated heterocycles. The van der Waals surface area contributed by atoms with Gasteiger partial charge in [-0.1, -0.05) is 37.3 Å².